The summed E-state index contributed by atoms with van der Waals surface area (Å²) in [6, 6.07) is 6.40. The predicted molar refractivity (Wildman–Crippen MR) is 154 cm³/mol. The molecule has 0 spiro atoms. The number of amides is 2. The minimum absolute atomic E-state index is 0.00733. The normalized spacial score (nSPS) is 25.6. The monoisotopic (exact) mass is 656 g/mol. The molecule has 0 bridgehead atoms. The van der Waals surface area contributed by atoms with E-state index in [2.05, 4.69) is 50.3 Å². The van der Waals surface area contributed by atoms with E-state index in [0.29, 0.717) is 28.4 Å². The Morgan fingerprint density at radius 1 is 1.15 bits per heavy atom. The number of carbonyl (C=O) groups is 2. The molecule has 2 aliphatic rings. The fourth-order valence-corrected chi connectivity index (χ4v) is 5.36. The zero-order valence-corrected chi connectivity index (χ0v) is 24.9. The summed E-state index contributed by atoms with van der Waals surface area (Å²) in [5.74, 6) is -1.08. The zero-order valence-electron chi connectivity index (χ0n) is 22.5. The molecular formula is C27H34BrClN4O8. The number of nitrogens with zero attached hydrogens (tertiary/aromatic N) is 2. The quantitative estimate of drug-likeness (QED) is 0.247. The van der Waals surface area contributed by atoms with Crippen LogP contribution in [0.15, 0.2) is 34.9 Å². The molecule has 0 saturated carbocycles. The van der Waals surface area contributed by atoms with Crippen molar-refractivity contribution in [2.75, 3.05) is 30.3 Å². The molecule has 1 aromatic heterocycles. The minimum Gasteiger partial charge on any atom is -0.460 e. The largest absolute Gasteiger partial charge is 0.460 e. The number of halogens is 2. The number of carbonyl (C=O) groups excluding carboxylic acids is 2. The van der Waals surface area contributed by atoms with Gasteiger partial charge in [0, 0.05) is 22.6 Å². The number of ether oxygens (including phenoxy) is 2. The maximum absolute atomic E-state index is 13.5. The number of aromatic nitrogens is 1. The van der Waals surface area contributed by atoms with Crippen LogP contribution in [0.1, 0.15) is 37.0 Å². The van der Waals surface area contributed by atoms with Crippen molar-refractivity contribution in [3.8, 4) is 5.75 Å². The third kappa shape index (κ3) is 7.54. The summed E-state index contributed by atoms with van der Waals surface area (Å²) in [6.45, 7) is 5.06. The number of hydrogen-bond donors (Lipinski definition) is 6. The van der Waals surface area contributed by atoms with Gasteiger partial charge in [0.1, 0.15) is 36.0 Å². The van der Waals surface area contributed by atoms with Crippen molar-refractivity contribution in [1.29, 1.82) is 0 Å². The number of benzene rings is 1. The lowest BCUT2D eigenvalue weighted by Gasteiger charge is -2.39. The van der Waals surface area contributed by atoms with Crippen molar-refractivity contribution < 1.29 is 39.5 Å². The van der Waals surface area contributed by atoms with Crippen LogP contribution in [0, 0.1) is 5.92 Å². The fraction of sp³-hybridized carbons (Fsp3) is 0.519. The Labute approximate surface area is 250 Å². The molecule has 2 aliphatic heterocycles. The average molecular weight is 658 g/mol. The Bertz CT molecular complexity index is 1230. The lowest BCUT2D eigenvalue weighted by Crippen LogP contribution is -2.60. The number of aliphatic hydroxyl groups is 4. The summed E-state index contributed by atoms with van der Waals surface area (Å²) < 4.78 is 11.8. The van der Waals surface area contributed by atoms with E-state index in [1.54, 1.807) is 6.07 Å². The van der Waals surface area contributed by atoms with E-state index in [1.165, 1.54) is 24.4 Å². The summed E-state index contributed by atoms with van der Waals surface area (Å²) in [4.78, 5) is 33.3. The summed E-state index contributed by atoms with van der Waals surface area (Å²) in [5, 5.41) is 46.4. The third-order valence-corrected chi connectivity index (χ3v) is 7.93. The van der Waals surface area contributed by atoms with E-state index >= 15 is 0 Å². The van der Waals surface area contributed by atoms with Crippen LogP contribution in [0.2, 0.25) is 5.02 Å². The highest BCUT2D eigenvalue weighted by molar-refractivity contribution is 9.10. The maximum atomic E-state index is 13.5. The molecular weight excluding hydrogens is 624 g/mol. The maximum Gasteiger partial charge on any atom is 0.259 e. The lowest BCUT2D eigenvalue weighted by atomic mass is 9.95. The highest BCUT2D eigenvalue weighted by Crippen LogP contribution is 2.37. The molecule has 6 N–H and O–H groups in total. The molecule has 41 heavy (non-hydrogen) atoms. The Morgan fingerprint density at radius 2 is 1.85 bits per heavy atom. The van der Waals surface area contributed by atoms with Crippen molar-refractivity contribution in [2.24, 2.45) is 5.92 Å². The van der Waals surface area contributed by atoms with Gasteiger partial charge in [0.15, 0.2) is 0 Å². The minimum atomic E-state index is -1.70. The van der Waals surface area contributed by atoms with Gasteiger partial charge in [-0.15, -0.1) is 0 Å². The van der Waals surface area contributed by atoms with Crippen LogP contribution in [0.3, 0.4) is 0 Å². The number of likely N-dealkylation sites (tertiary alicyclic amines) is 1. The summed E-state index contributed by atoms with van der Waals surface area (Å²) in [5.41, 5.74) is 0.0246. The van der Waals surface area contributed by atoms with E-state index in [9.17, 15) is 30.0 Å². The topological polar surface area (TPSA) is 174 Å². The van der Waals surface area contributed by atoms with Crippen molar-refractivity contribution in [1.82, 2.24) is 9.88 Å². The standard InChI is InChI=1S/C27H34BrClN4O8/c1-13(2)33-7-5-14(6-8-33)25(38)32-21-17(26(39)31-20-4-3-16(29)11-30-20)9-15(28)10-18(21)40-27-24(37)23(36)22(35)19(12-34)41-27/h3-4,9-11,13-14,19,22-24,27,34-37H,5-8,12H2,1-2H3,(H,32,38)(H,30,31,39)/t19-,22+,23+,24-,27?/m1/s1. The second-order valence-electron chi connectivity index (χ2n) is 10.4. The molecule has 2 aromatic rings. The van der Waals surface area contributed by atoms with E-state index < -0.39 is 43.2 Å². The zero-order chi connectivity index (χ0) is 29.8. The second kappa shape index (κ2) is 13.7. The van der Waals surface area contributed by atoms with Crippen molar-refractivity contribution >= 4 is 50.9 Å². The molecule has 0 radical (unpaired) electrons. The third-order valence-electron chi connectivity index (χ3n) is 7.25. The number of anilines is 2. The molecule has 2 fully saturated rings. The summed E-state index contributed by atoms with van der Waals surface area (Å²) in [6.07, 6.45) is -5.10. The van der Waals surface area contributed by atoms with Crippen LogP contribution < -0.4 is 15.4 Å². The first-order chi connectivity index (χ1) is 19.5. The smallest absolute Gasteiger partial charge is 0.259 e. The Hall–Kier alpha value is -2.36. The summed E-state index contributed by atoms with van der Waals surface area (Å²) in [7, 11) is 0. The molecule has 5 atom stereocenters. The molecule has 14 heteroatoms. The molecule has 224 valence electrons. The number of nitrogens with one attached hydrogen (secondary N) is 2. The molecule has 2 amide bonds. The number of aliphatic hydroxyl groups excluding tert-OH is 4. The van der Waals surface area contributed by atoms with Gasteiger partial charge < -0.3 is 45.4 Å². The van der Waals surface area contributed by atoms with Gasteiger partial charge in [0.05, 0.1) is 22.9 Å². The van der Waals surface area contributed by atoms with Crippen molar-refractivity contribution in [3.05, 3.63) is 45.5 Å². The van der Waals surface area contributed by atoms with E-state index in [-0.39, 0.29) is 34.6 Å². The first-order valence-electron chi connectivity index (χ1n) is 13.3. The van der Waals surface area contributed by atoms with Crippen LogP contribution in [-0.2, 0) is 9.53 Å². The molecule has 2 saturated heterocycles. The van der Waals surface area contributed by atoms with Crippen LogP contribution in [0.5, 0.6) is 5.75 Å². The van der Waals surface area contributed by atoms with Gasteiger partial charge >= 0.3 is 0 Å². The van der Waals surface area contributed by atoms with Crippen molar-refractivity contribution in [2.45, 2.75) is 63.4 Å². The van der Waals surface area contributed by atoms with Gasteiger partial charge in [-0.2, -0.15) is 0 Å². The average Bonchev–Trinajstić information content (AvgIpc) is 2.95. The molecule has 12 nitrogen and oxygen atoms in total. The van der Waals surface area contributed by atoms with E-state index in [4.69, 9.17) is 21.1 Å². The first-order valence-corrected chi connectivity index (χ1v) is 14.4. The van der Waals surface area contributed by atoms with Crippen LogP contribution in [0.4, 0.5) is 11.5 Å². The number of pyridine rings is 1. The van der Waals surface area contributed by atoms with Gasteiger partial charge in [0.25, 0.3) is 5.91 Å². The lowest BCUT2D eigenvalue weighted by molar-refractivity contribution is -0.277. The van der Waals surface area contributed by atoms with E-state index in [1.807, 2.05) is 0 Å². The second-order valence-corrected chi connectivity index (χ2v) is 11.7. The van der Waals surface area contributed by atoms with Gasteiger partial charge in [-0.25, -0.2) is 4.98 Å². The Kier molecular flexibility index (Phi) is 10.6. The fourth-order valence-electron chi connectivity index (χ4n) is 4.81. The van der Waals surface area contributed by atoms with Gasteiger partial charge in [-0.05, 0) is 64.0 Å². The molecule has 0 aliphatic carbocycles. The number of hydrogen-bond acceptors (Lipinski definition) is 10. The molecule has 4 rings (SSSR count). The molecule has 1 unspecified atom stereocenters. The predicted octanol–water partition coefficient (Wildman–Crippen LogP) is 1.99. The highest BCUT2D eigenvalue weighted by atomic mass is 79.9. The van der Waals surface area contributed by atoms with Gasteiger partial charge in [0.2, 0.25) is 12.2 Å². The van der Waals surface area contributed by atoms with Crippen LogP contribution in [-0.4, -0.2) is 98.6 Å². The summed E-state index contributed by atoms with van der Waals surface area (Å²) >= 11 is 9.26. The Morgan fingerprint density at radius 3 is 2.46 bits per heavy atom. The van der Waals surface area contributed by atoms with Gasteiger partial charge in [-0.3, -0.25) is 9.59 Å². The first kappa shape index (κ1) is 31.6. The molecule has 1 aromatic carbocycles. The van der Waals surface area contributed by atoms with Crippen molar-refractivity contribution in [3.63, 3.8) is 0 Å². The van der Waals surface area contributed by atoms with Crippen LogP contribution >= 0.6 is 27.5 Å². The van der Waals surface area contributed by atoms with Crippen LogP contribution in [0.25, 0.3) is 0 Å². The van der Waals surface area contributed by atoms with Gasteiger partial charge in [-0.1, -0.05) is 27.5 Å². The SMILES string of the molecule is CC(C)N1CCC(C(=O)Nc2c(OC3O[C@H](CO)[C@H](O)[C@H](O)[C@H]3O)cc(Br)cc2C(=O)Nc2ccc(Cl)cn2)CC1. The Balaban J connectivity index is 1.66. The van der Waals surface area contributed by atoms with E-state index in [0.717, 1.165) is 13.1 Å². The molecule has 3 heterocycles. The number of rotatable bonds is 8. The highest BCUT2D eigenvalue weighted by Gasteiger charge is 2.45. The number of piperidine rings is 1.